The van der Waals surface area contributed by atoms with Crippen molar-refractivity contribution in [2.45, 2.75) is 9.79 Å². The van der Waals surface area contributed by atoms with Crippen LogP contribution in [-0.2, 0) is 20.0 Å². The minimum atomic E-state index is -4.23. The van der Waals surface area contributed by atoms with Gasteiger partial charge < -0.3 is 0 Å². The molecule has 0 spiro atoms. The molecule has 0 aliphatic carbocycles. The van der Waals surface area contributed by atoms with Crippen LogP contribution in [0.5, 0.6) is 0 Å². The Morgan fingerprint density at radius 1 is 0.571 bits per heavy atom. The lowest BCUT2D eigenvalue weighted by molar-refractivity contribution is 0.568. The molecule has 0 bridgehead atoms. The standard InChI is InChI=1S/C18H14F2N2O4S2/c19-15-8-1-3-10-17(15)27(23,24)21-13-6-5-7-14(12-13)22-28(25,26)18-11-4-2-9-16(18)20/h1-12,21-22H. The highest BCUT2D eigenvalue weighted by Crippen LogP contribution is 2.23. The Kier molecular flexibility index (Phi) is 5.34. The van der Waals surface area contributed by atoms with Crippen molar-refractivity contribution < 1.29 is 25.6 Å². The summed E-state index contributed by atoms with van der Waals surface area (Å²) in [6, 6.07) is 15.0. The molecule has 0 aliphatic rings. The number of hydrogen-bond acceptors (Lipinski definition) is 4. The molecule has 0 saturated carbocycles. The summed E-state index contributed by atoms with van der Waals surface area (Å²) >= 11 is 0. The fourth-order valence-corrected chi connectivity index (χ4v) is 4.65. The van der Waals surface area contributed by atoms with Crippen LogP contribution in [0, 0.1) is 11.6 Å². The van der Waals surface area contributed by atoms with Crippen LogP contribution in [0.15, 0.2) is 82.6 Å². The summed E-state index contributed by atoms with van der Waals surface area (Å²) in [6.07, 6.45) is 0. The predicted octanol–water partition coefficient (Wildman–Crippen LogP) is 3.57. The normalized spacial score (nSPS) is 11.8. The minimum Gasteiger partial charge on any atom is -0.279 e. The first-order valence-corrected chi connectivity index (χ1v) is 10.8. The van der Waals surface area contributed by atoms with E-state index in [9.17, 15) is 25.6 Å². The average Bonchev–Trinajstić information content (AvgIpc) is 2.61. The molecule has 3 rings (SSSR count). The highest BCUT2D eigenvalue weighted by atomic mass is 32.2. The third-order valence-electron chi connectivity index (χ3n) is 3.62. The van der Waals surface area contributed by atoms with Gasteiger partial charge in [-0.25, -0.2) is 25.6 Å². The lowest BCUT2D eigenvalue weighted by Gasteiger charge is -2.12. The Bertz CT molecular complexity index is 1140. The highest BCUT2D eigenvalue weighted by molar-refractivity contribution is 7.93. The maximum atomic E-state index is 13.8. The van der Waals surface area contributed by atoms with Crippen LogP contribution in [0.2, 0.25) is 0 Å². The second kappa shape index (κ2) is 7.56. The van der Waals surface area contributed by atoms with Gasteiger partial charge in [0, 0.05) is 0 Å². The van der Waals surface area contributed by atoms with Crippen molar-refractivity contribution >= 4 is 31.4 Å². The third kappa shape index (κ3) is 4.29. The Morgan fingerprint density at radius 2 is 0.964 bits per heavy atom. The SMILES string of the molecule is O=S(=O)(Nc1cccc(NS(=O)(=O)c2ccccc2F)c1)c1ccccc1F. The molecule has 0 amide bonds. The van der Waals surface area contributed by atoms with Crippen molar-refractivity contribution in [3.63, 3.8) is 0 Å². The summed E-state index contributed by atoms with van der Waals surface area (Å²) in [5, 5.41) is 0. The number of rotatable bonds is 6. The van der Waals surface area contributed by atoms with Crippen LogP contribution >= 0.6 is 0 Å². The van der Waals surface area contributed by atoms with Crippen molar-refractivity contribution in [3.8, 4) is 0 Å². The zero-order chi connectivity index (χ0) is 20.4. The van der Waals surface area contributed by atoms with Crippen LogP contribution in [0.1, 0.15) is 0 Å². The molecule has 0 aliphatic heterocycles. The van der Waals surface area contributed by atoms with Crippen molar-refractivity contribution in [1.82, 2.24) is 0 Å². The zero-order valence-electron chi connectivity index (χ0n) is 14.1. The van der Waals surface area contributed by atoms with Gasteiger partial charge >= 0.3 is 0 Å². The molecule has 0 fully saturated rings. The number of benzene rings is 3. The van der Waals surface area contributed by atoms with E-state index in [4.69, 9.17) is 0 Å². The molecule has 3 aromatic carbocycles. The van der Waals surface area contributed by atoms with Gasteiger partial charge in [0.15, 0.2) is 0 Å². The molecule has 2 N–H and O–H groups in total. The summed E-state index contributed by atoms with van der Waals surface area (Å²) < 4.78 is 81.3. The molecule has 0 heterocycles. The Hall–Kier alpha value is -2.98. The molecular formula is C18H14F2N2O4S2. The van der Waals surface area contributed by atoms with Gasteiger partial charge in [0.05, 0.1) is 11.4 Å². The zero-order valence-corrected chi connectivity index (χ0v) is 15.8. The fourth-order valence-electron chi connectivity index (χ4n) is 2.39. The van der Waals surface area contributed by atoms with E-state index in [2.05, 4.69) is 9.44 Å². The van der Waals surface area contributed by atoms with E-state index in [1.165, 1.54) is 48.5 Å². The van der Waals surface area contributed by atoms with Gasteiger partial charge in [0.2, 0.25) is 0 Å². The first-order chi connectivity index (χ1) is 13.2. The number of hydrogen-bond donors (Lipinski definition) is 2. The van der Waals surface area contributed by atoms with Crippen LogP contribution < -0.4 is 9.44 Å². The monoisotopic (exact) mass is 424 g/mol. The number of anilines is 2. The molecule has 0 radical (unpaired) electrons. The fraction of sp³-hybridized carbons (Fsp3) is 0. The molecule has 6 nitrogen and oxygen atoms in total. The molecule has 0 saturated heterocycles. The number of sulfonamides is 2. The van der Waals surface area contributed by atoms with E-state index in [-0.39, 0.29) is 11.4 Å². The largest absolute Gasteiger partial charge is 0.279 e. The molecular weight excluding hydrogens is 410 g/mol. The lowest BCUT2D eigenvalue weighted by atomic mass is 10.3. The van der Waals surface area contributed by atoms with Gasteiger partial charge in [-0.05, 0) is 42.5 Å². The van der Waals surface area contributed by atoms with Gasteiger partial charge in [-0.3, -0.25) is 9.44 Å². The molecule has 0 atom stereocenters. The lowest BCUT2D eigenvalue weighted by Crippen LogP contribution is -2.16. The topological polar surface area (TPSA) is 92.3 Å². The van der Waals surface area contributed by atoms with E-state index in [0.29, 0.717) is 0 Å². The first kappa shape index (κ1) is 19.8. The van der Waals surface area contributed by atoms with E-state index in [0.717, 1.165) is 24.3 Å². The van der Waals surface area contributed by atoms with E-state index in [1.807, 2.05) is 0 Å². The Morgan fingerprint density at radius 3 is 1.36 bits per heavy atom. The van der Waals surface area contributed by atoms with Gasteiger partial charge in [-0.2, -0.15) is 0 Å². The smallest absolute Gasteiger partial charge is 0.264 e. The molecule has 28 heavy (non-hydrogen) atoms. The summed E-state index contributed by atoms with van der Waals surface area (Å²) in [5.74, 6) is -1.85. The Labute approximate surface area is 160 Å². The van der Waals surface area contributed by atoms with E-state index >= 15 is 0 Å². The van der Waals surface area contributed by atoms with Crippen molar-refractivity contribution in [2.75, 3.05) is 9.44 Å². The summed E-state index contributed by atoms with van der Waals surface area (Å²) in [4.78, 5) is -1.10. The number of nitrogens with one attached hydrogen (secondary N) is 2. The molecule has 0 unspecified atom stereocenters. The minimum absolute atomic E-state index is 0.00279. The van der Waals surface area contributed by atoms with Crippen LogP contribution in [0.4, 0.5) is 20.2 Å². The highest BCUT2D eigenvalue weighted by Gasteiger charge is 2.20. The Balaban J connectivity index is 1.87. The quantitative estimate of drug-likeness (QED) is 0.633. The molecule has 146 valence electrons. The van der Waals surface area contributed by atoms with Gasteiger partial charge in [-0.15, -0.1) is 0 Å². The van der Waals surface area contributed by atoms with Crippen molar-refractivity contribution in [1.29, 1.82) is 0 Å². The maximum absolute atomic E-state index is 13.8. The molecule has 10 heteroatoms. The average molecular weight is 424 g/mol. The third-order valence-corrected chi connectivity index (χ3v) is 6.45. The predicted molar refractivity (Wildman–Crippen MR) is 101 cm³/mol. The first-order valence-electron chi connectivity index (χ1n) is 7.84. The summed E-state index contributed by atoms with van der Waals surface area (Å²) in [6.45, 7) is 0. The molecule has 0 aromatic heterocycles. The van der Waals surface area contributed by atoms with E-state index in [1.54, 1.807) is 0 Å². The van der Waals surface area contributed by atoms with Gasteiger partial charge in [-0.1, -0.05) is 30.3 Å². The maximum Gasteiger partial charge on any atom is 0.264 e. The molecule has 3 aromatic rings. The van der Waals surface area contributed by atoms with Crippen LogP contribution in [0.25, 0.3) is 0 Å². The van der Waals surface area contributed by atoms with Gasteiger partial charge in [0.25, 0.3) is 20.0 Å². The van der Waals surface area contributed by atoms with Crippen LogP contribution in [0.3, 0.4) is 0 Å². The van der Waals surface area contributed by atoms with Crippen molar-refractivity contribution in [2.24, 2.45) is 0 Å². The van der Waals surface area contributed by atoms with Crippen LogP contribution in [-0.4, -0.2) is 16.8 Å². The second-order valence-corrected chi connectivity index (χ2v) is 8.95. The number of halogens is 2. The van der Waals surface area contributed by atoms with Crippen molar-refractivity contribution in [3.05, 3.63) is 84.4 Å². The summed E-state index contributed by atoms with van der Waals surface area (Å²) in [7, 11) is -8.45. The second-order valence-electron chi connectivity index (χ2n) is 5.65. The van der Waals surface area contributed by atoms with Gasteiger partial charge in [0.1, 0.15) is 21.4 Å². The van der Waals surface area contributed by atoms with E-state index < -0.39 is 41.5 Å². The summed E-state index contributed by atoms with van der Waals surface area (Å²) in [5.41, 5.74) is -0.00558.